The van der Waals surface area contributed by atoms with Crippen LogP contribution < -0.4 is 10.1 Å². The lowest BCUT2D eigenvalue weighted by Crippen LogP contribution is -2.35. The molecule has 1 aromatic heterocycles. The van der Waals surface area contributed by atoms with Crippen LogP contribution in [0.25, 0.3) is 0 Å². The molecular weight excluding hydrogens is 284 g/mol. The summed E-state index contributed by atoms with van der Waals surface area (Å²) in [7, 11) is 0. The molecule has 1 aromatic carbocycles. The van der Waals surface area contributed by atoms with Crippen LogP contribution in [0, 0.1) is 0 Å². The molecule has 112 valence electrons. The number of ether oxygens (including phenoxy) is 1. The first-order valence-electron chi connectivity index (χ1n) is 6.99. The second-order valence-electron chi connectivity index (χ2n) is 6.00. The van der Waals surface area contributed by atoms with Crippen LogP contribution in [0.15, 0.2) is 42.7 Å². The maximum absolute atomic E-state index is 5.91. The van der Waals surface area contributed by atoms with E-state index in [1.54, 1.807) is 18.5 Å². The molecule has 0 aliphatic heterocycles. The lowest BCUT2D eigenvalue weighted by atomic mass is 10.1. The molecule has 2 aromatic rings. The fraction of sp³-hybridized carbons (Fsp3) is 0.353. The Bertz CT molecular complexity index is 593. The van der Waals surface area contributed by atoms with Gasteiger partial charge < -0.3 is 10.1 Å². The number of hydrogen-bond donors (Lipinski definition) is 1. The molecule has 1 N–H and O–H groups in total. The molecule has 0 fully saturated rings. The topological polar surface area (TPSA) is 34.1 Å². The molecule has 2 rings (SSSR count). The third kappa shape index (κ3) is 5.37. The molecule has 3 nitrogen and oxygen atoms in total. The zero-order valence-corrected chi connectivity index (χ0v) is 13.4. The fourth-order valence-corrected chi connectivity index (χ4v) is 2.03. The highest BCUT2D eigenvalue weighted by atomic mass is 35.5. The van der Waals surface area contributed by atoms with Gasteiger partial charge in [0.05, 0.1) is 11.2 Å². The van der Waals surface area contributed by atoms with Crippen molar-refractivity contribution in [3.05, 3.63) is 58.9 Å². The normalized spacial score (nSPS) is 11.4. The molecule has 0 amide bonds. The van der Waals surface area contributed by atoms with Crippen LogP contribution in [-0.4, -0.2) is 10.5 Å². The molecule has 4 heteroatoms. The summed E-state index contributed by atoms with van der Waals surface area (Å²) in [5.41, 5.74) is 2.49. The summed E-state index contributed by atoms with van der Waals surface area (Å²) < 4.78 is 5.77. The van der Waals surface area contributed by atoms with E-state index < -0.39 is 0 Å². The van der Waals surface area contributed by atoms with Crippen LogP contribution in [0.2, 0.25) is 5.02 Å². The molecule has 21 heavy (non-hydrogen) atoms. The first kappa shape index (κ1) is 15.8. The van der Waals surface area contributed by atoms with Crippen molar-refractivity contribution in [2.75, 3.05) is 0 Å². The van der Waals surface area contributed by atoms with Crippen molar-refractivity contribution in [2.24, 2.45) is 0 Å². The van der Waals surface area contributed by atoms with Crippen LogP contribution in [0.1, 0.15) is 31.9 Å². The largest absolute Gasteiger partial charge is 0.487 e. The Hall–Kier alpha value is -1.58. The Morgan fingerprint density at radius 2 is 1.86 bits per heavy atom. The van der Waals surface area contributed by atoms with Crippen LogP contribution in [0.4, 0.5) is 0 Å². The molecule has 0 unspecified atom stereocenters. The van der Waals surface area contributed by atoms with Gasteiger partial charge in [0.2, 0.25) is 0 Å². The quantitative estimate of drug-likeness (QED) is 0.899. The predicted molar refractivity (Wildman–Crippen MR) is 86.6 cm³/mol. The Morgan fingerprint density at radius 3 is 2.52 bits per heavy atom. The fourth-order valence-electron chi connectivity index (χ4n) is 1.86. The number of aromatic nitrogens is 1. The smallest absolute Gasteiger partial charge is 0.139 e. The van der Waals surface area contributed by atoms with Crippen molar-refractivity contribution in [3.8, 4) is 5.75 Å². The third-order valence-electron chi connectivity index (χ3n) is 3.00. The van der Waals surface area contributed by atoms with E-state index in [0.29, 0.717) is 17.4 Å². The minimum Gasteiger partial charge on any atom is -0.487 e. The maximum Gasteiger partial charge on any atom is 0.139 e. The van der Waals surface area contributed by atoms with Gasteiger partial charge in [0.15, 0.2) is 0 Å². The first-order valence-corrected chi connectivity index (χ1v) is 7.37. The van der Waals surface area contributed by atoms with E-state index in [2.05, 4.69) is 43.2 Å². The van der Waals surface area contributed by atoms with Gasteiger partial charge in [-0.05, 0) is 31.9 Å². The Balaban J connectivity index is 2.03. The van der Waals surface area contributed by atoms with Crippen molar-refractivity contribution < 1.29 is 4.74 Å². The average molecular weight is 305 g/mol. The molecule has 0 aliphatic carbocycles. The summed E-state index contributed by atoms with van der Waals surface area (Å²) in [6, 6.07) is 10.0. The first-order chi connectivity index (χ1) is 9.94. The van der Waals surface area contributed by atoms with Crippen molar-refractivity contribution in [2.45, 2.75) is 39.5 Å². The van der Waals surface area contributed by atoms with Crippen molar-refractivity contribution in [1.82, 2.24) is 10.3 Å². The number of nitrogens with zero attached hydrogens (tertiary/aromatic N) is 1. The molecule has 0 atom stereocenters. The standard InChI is InChI=1S/C17H21ClN2O/c1-17(2,3)20-9-13-6-4-5-7-14(13)12-21-16-8-15(18)10-19-11-16/h4-8,10-11,20H,9,12H2,1-3H3. The van der Waals surface area contributed by atoms with Crippen molar-refractivity contribution in [3.63, 3.8) is 0 Å². The lowest BCUT2D eigenvalue weighted by molar-refractivity contribution is 0.302. The molecule has 0 aliphatic rings. The van der Waals surface area contributed by atoms with Crippen LogP contribution in [-0.2, 0) is 13.2 Å². The SMILES string of the molecule is CC(C)(C)NCc1ccccc1COc1cncc(Cl)c1. The highest BCUT2D eigenvalue weighted by molar-refractivity contribution is 6.30. The molecule has 1 heterocycles. The highest BCUT2D eigenvalue weighted by Gasteiger charge is 2.10. The third-order valence-corrected chi connectivity index (χ3v) is 3.21. The van der Waals surface area contributed by atoms with Crippen molar-refractivity contribution >= 4 is 11.6 Å². The monoisotopic (exact) mass is 304 g/mol. The Labute approximate surface area is 131 Å². The summed E-state index contributed by atoms with van der Waals surface area (Å²) in [6.07, 6.45) is 3.26. The molecule has 0 saturated carbocycles. The minimum atomic E-state index is 0.0881. The van der Waals surface area contributed by atoms with E-state index >= 15 is 0 Å². The van der Waals surface area contributed by atoms with Gasteiger partial charge in [-0.3, -0.25) is 4.98 Å². The Kier molecular flexibility index (Phi) is 5.21. The second-order valence-corrected chi connectivity index (χ2v) is 6.44. The molecule has 0 spiro atoms. The van der Waals surface area contributed by atoms with E-state index in [0.717, 1.165) is 12.1 Å². The van der Waals surface area contributed by atoms with E-state index in [-0.39, 0.29) is 5.54 Å². The number of rotatable bonds is 5. The van der Waals surface area contributed by atoms with E-state index in [9.17, 15) is 0 Å². The summed E-state index contributed by atoms with van der Waals surface area (Å²) in [6.45, 7) is 7.79. The van der Waals surface area contributed by atoms with Gasteiger partial charge in [-0.1, -0.05) is 35.9 Å². The predicted octanol–water partition coefficient (Wildman–Crippen LogP) is 4.20. The molecule has 0 radical (unpaired) electrons. The summed E-state index contributed by atoms with van der Waals surface area (Å²) in [5.74, 6) is 0.682. The number of halogens is 1. The lowest BCUT2D eigenvalue weighted by Gasteiger charge is -2.21. The number of hydrogen-bond acceptors (Lipinski definition) is 3. The van der Waals surface area contributed by atoms with Gasteiger partial charge in [0.25, 0.3) is 0 Å². The zero-order valence-electron chi connectivity index (χ0n) is 12.7. The zero-order chi connectivity index (χ0) is 15.3. The van der Waals surface area contributed by atoms with E-state index in [1.165, 1.54) is 5.56 Å². The maximum atomic E-state index is 5.91. The van der Waals surface area contributed by atoms with Crippen molar-refractivity contribution in [1.29, 1.82) is 0 Å². The second kappa shape index (κ2) is 6.92. The number of nitrogens with one attached hydrogen (secondary N) is 1. The molecule has 0 saturated heterocycles. The number of benzene rings is 1. The summed E-state index contributed by atoms with van der Waals surface area (Å²) >= 11 is 5.91. The van der Waals surface area contributed by atoms with Gasteiger partial charge >= 0.3 is 0 Å². The van der Waals surface area contributed by atoms with Crippen LogP contribution >= 0.6 is 11.6 Å². The van der Waals surface area contributed by atoms with Gasteiger partial charge in [-0.25, -0.2) is 0 Å². The highest BCUT2D eigenvalue weighted by Crippen LogP contribution is 2.18. The number of pyridine rings is 1. The average Bonchev–Trinajstić information content (AvgIpc) is 2.43. The van der Waals surface area contributed by atoms with Gasteiger partial charge in [0, 0.05) is 24.3 Å². The summed E-state index contributed by atoms with van der Waals surface area (Å²) in [4.78, 5) is 4.02. The van der Waals surface area contributed by atoms with E-state index in [4.69, 9.17) is 16.3 Å². The van der Waals surface area contributed by atoms with Gasteiger partial charge in [0.1, 0.15) is 12.4 Å². The molecular formula is C17H21ClN2O. The minimum absolute atomic E-state index is 0.0881. The summed E-state index contributed by atoms with van der Waals surface area (Å²) in [5, 5.41) is 4.08. The van der Waals surface area contributed by atoms with E-state index in [1.807, 2.05) is 12.1 Å². The van der Waals surface area contributed by atoms with Crippen LogP contribution in [0.5, 0.6) is 5.75 Å². The molecule has 0 bridgehead atoms. The van der Waals surface area contributed by atoms with Crippen LogP contribution in [0.3, 0.4) is 0 Å². The Morgan fingerprint density at radius 1 is 1.14 bits per heavy atom. The van der Waals surface area contributed by atoms with Gasteiger partial charge in [-0.15, -0.1) is 0 Å². The van der Waals surface area contributed by atoms with Gasteiger partial charge in [-0.2, -0.15) is 0 Å².